The second kappa shape index (κ2) is 6.31. The third-order valence-corrected chi connectivity index (χ3v) is 5.22. The first-order chi connectivity index (χ1) is 11.0. The van der Waals surface area contributed by atoms with Crippen LogP contribution < -0.4 is 4.72 Å². The Morgan fingerprint density at radius 2 is 2.00 bits per heavy atom. The van der Waals surface area contributed by atoms with E-state index in [-0.39, 0.29) is 11.4 Å². The number of hydrogen-bond donors (Lipinski definition) is 1. The van der Waals surface area contributed by atoms with E-state index in [1.807, 2.05) is 35.7 Å². The summed E-state index contributed by atoms with van der Waals surface area (Å²) in [4.78, 5) is 4.65. The molecule has 5 nitrogen and oxygen atoms in total. The van der Waals surface area contributed by atoms with Crippen LogP contribution in [0, 0.1) is 6.92 Å². The number of aryl methyl sites for hydroxylation is 1. The van der Waals surface area contributed by atoms with E-state index >= 15 is 0 Å². The first-order valence-corrected chi connectivity index (χ1v) is 9.01. The van der Waals surface area contributed by atoms with Crippen molar-refractivity contribution in [2.24, 2.45) is 0 Å². The van der Waals surface area contributed by atoms with Crippen LogP contribution in [-0.2, 0) is 16.4 Å². The molecule has 0 bridgehead atoms. The summed E-state index contributed by atoms with van der Waals surface area (Å²) in [5.74, 6) is 0. The fourth-order valence-electron chi connectivity index (χ4n) is 2.35. The molecule has 0 saturated heterocycles. The summed E-state index contributed by atoms with van der Waals surface area (Å²) in [6, 6.07) is 12.1. The standard InChI is InChI=1S/C16H16ClN3O2S/c1-12-4-2-7-16-19-14(11-20(12)16)8-9-18-23(21,22)15-6-3-5-13(17)10-15/h2-7,10-11,18H,8-9H2,1H3. The number of benzene rings is 1. The number of halogens is 1. The lowest BCUT2D eigenvalue weighted by Gasteiger charge is -2.06. The number of nitrogens with zero attached hydrogens (tertiary/aromatic N) is 2. The maximum Gasteiger partial charge on any atom is 0.240 e. The molecule has 3 rings (SSSR count). The minimum atomic E-state index is -3.56. The molecule has 2 aromatic heterocycles. The van der Waals surface area contributed by atoms with Gasteiger partial charge in [-0.05, 0) is 37.3 Å². The van der Waals surface area contributed by atoms with Gasteiger partial charge in [-0.1, -0.05) is 23.7 Å². The predicted molar refractivity (Wildman–Crippen MR) is 90.3 cm³/mol. The van der Waals surface area contributed by atoms with E-state index in [0.29, 0.717) is 11.4 Å². The van der Waals surface area contributed by atoms with Gasteiger partial charge in [-0.2, -0.15) is 0 Å². The van der Waals surface area contributed by atoms with Gasteiger partial charge in [-0.15, -0.1) is 0 Å². The van der Waals surface area contributed by atoms with Gasteiger partial charge in [0.2, 0.25) is 10.0 Å². The van der Waals surface area contributed by atoms with Gasteiger partial charge in [0.05, 0.1) is 10.6 Å². The first kappa shape index (κ1) is 16.0. The Kier molecular flexibility index (Phi) is 4.39. The molecule has 2 heterocycles. The quantitative estimate of drug-likeness (QED) is 0.770. The van der Waals surface area contributed by atoms with Gasteiger partial charge in [0.25, 0.3) is 0 Å². The van der Waals surface area contributed by atoms with Crippen LogP contribution in [0.5, 0.6) is 0 Å². The molecule has 0 aliphatic rings. The zero-order chi connectivity index (χ0) is 16.4. The van der Waals surface area contributed by atoms with Gasteiger partial charge >= 0.3 is 0 Å². The number of hydrogen-bond acceptors (Lipinski definition) is 3. The molecular formula is C16H16ClN3O2S. The molecule has 1 aromatic carbocycles. The second-order valence-electron chi connectivity index (χ2n) is 5.23. The summed E-state index contributed by atoms with van der Waals surface area (Å²) in [6.07, 6.45) is 2.44. The fraction of sp³-hybridized carbons (Fsp3) is 0.188. The van der Waals surface area contributed by atoms with Crippen LogP contribution in [0.2, 0.25) is 5.02 Å². The number of imidazole rings is 1. The zero-order valence-electron chi connectivity index (χ0n) is 12.5. The van der Waals surface area contributed by atoms with Crippen LogP contribution >= 0.6 is 11.6 Å². The Morgan fingerprint density at radius 1 is 1.22 bits per heavy atom. The van der Waals surface area contributed by atoms with E-state index in [0.717, 1.165) is 17.0 Å². The van der Waals surface area contributed by atoms with E-state index in [1.54, 1.807) is 12.1 Å². The maximum absolute atomic E-state index is 12.2. The monoisotopic (exact) mass is 349 g/mol. The van der Waals surface area contributed by atoms with Crippen molar-refractivity contribution in [3.05, 3.63) is 65.1 Å². The van der Waals surface area contributed by atoms with Crippen LogP contribution in [0.25, 0.3) is 5.65 Å². The summed E-state index contributed by atoms with van der Waals surface area (Å²) in [5.41, 5.74) is 2.78. The average Bonchev–Trinajstić information content (AvgIpc) is 2.91. The molecule has 3 aromatic rings. The van der Waals surface area contributed by atoms with Crippen molar-refractivity contribution >= 4 is 27.3 Å². The number of rotatable bonds is 5. The third-order valence-electron chi connectivity index (χ3n) is 3.53. The number of nitrogens with one attached hydrogen (secondary N) is 1. The Morgan fingerprint density at radius 3 is 2.74 bits per heavy atom. The third kappa shape index (κ3) is 3.55. The zero-order valence-corrected chi connectivity index (χ0v) is 14.1. The van der Waals surface area contributed by atoms with Gasteiger partial charge in [-0.3, -0.25) is 0 Å². The van der Waals surface area contributed by atoms with Crippen LogP contribution in [0.3, 0.4) is 0 Å². The SMILES string of the molecule is Cc1cccc2nc(CCNS(=O)(=O)c3cccc(Cl)c3)cn12. The summed E-state index contributed by atoms with van der Waals surface area (Å²) in [6.45, 7) is 2.28. The molecule has 0 saturated carbocycles. The molecule has 0 aliphatic heterocycles. The van der Waals surface area contributed by atoms with Gasteiger partial charge in [0, 0.05) is 29.9 Å². The number of pyridine rings is 1. The smallest absolute Gasteiger partial charge is 0.240 e. The van der Waals surface area contributed by atoms with Crippen LogP contribution in [-0.4, -0.2) is 24.3 Å². The highest BCUT2D eigenvalue weighted by molar-refractivity contribution is 7.89. The Labute approximate surface area is 140 Å². The van der Waals surface area contributed by atoms with E-state index in [4.69, 9.17) is 11.6 Å². The number of aromatic nitrogens is 2. The molecule has 120 valence electrons. The molecule has 0 spiro atoms. The largest absolute Gasteiger partial charge is 0.304 e. The van der Waals surface area contributed by atoms with Crippen LogP contribution in [0.1, 0.15) is 11.4 Å². The lowest BCUT2D eigenvalue weighted by Crippen LogP contribution is -2.26. The van der Waals surface area contributed by atoms with Crippen LogP contribution in [0.15, 0.2) is 53.6 Å². The van der Waals surface area contributed by atoms with E-state index in [1.165, 1.54) is 12.1 Å². The van der Waals surface area contributed by atoms with Gasteiger partial charge in [0.15, 0.2) is 0 Å². The minimum Gasteiger partial charge on any atom is -0.304 e. The molecule has 23 heavy (non-hydrogen) atoms. The number of sulfonamides is 1. The maximum atomic E-state index is 12.2. The van der Waals surface area contributed by atoms with Gasteiger partial charge < -0.3 is 4.40 Å². The molecule has 0 aliphatic carbocycles. The highest BCUT2D eigenvalue weighted by atomic mass is 35.5. The van der Waals surface area contributed by atoms with Crippen molar-refractivity contribution < 1.29 is 8.42 Å². The van der Waals surface area contributed by atoms with E-state index < -0.39 is 10.0 Å². The lowest BCUT2D eigenvalue weighted by molar-refractivity contribution is 0.581. The highest BCUT2D eigenvalue weighted by Crippen LogP contribution is 2.15. The van der Waals surface area contributed by atoms with E-state index in [9.17, 15) is 8.42 Å². The lowest BCUT2D eigenvalue weighted by atomic mass is 10.3. The highest BCUT2D eigenvalue weighted by Gasteiger charge is 2.14. The topological polar surface area (TPSA) is 63.5 Å². The molecule has 0 radical (unpaired) electrons. The van der Waals surface area contributed by atoms with Crippen molar-refractivity contribution in [3.8, 4) is 0 Å². The minimum absolute atomic E-state index is 0.163. The van der Waals surface area contributed by atoms with Crippen molar-refractivity contribution in [1.29, 1.82) is 0 Å². The summed E-state index contributed by atoms with van der Waals surface area (Å²) < 4.78 is 29.0. The van der Waals surface area contributed by atoms with Crippen LogP contribution in [0.4, 0.5) is 0 Å². The van der Waals surface area contributed by atoms with Crippen molar-refractivity contribution in [3.63, 3.8) is 0 Å². The van der Waals surface area contributed by atoms with E-state index in [2.05, 4.69) is 9.71 Å². The fourth-order valence-corrected chi connectivity index (χ4v) is 3.68. The molecule has 0 fully saturated rings. The average molecular weight is 350 g/mol. The Balaban J connectivity index is 1.69. The summed E-state index contributed by atoms with van der Waals surface area (Å²) in [5, 5.41) is 0.392. The Hall–Kier alpha value is -1.89. The van der Waals surface area contributed by atoms with Crippen molar-refractivity contribution in [2.75, 3.05) is 6.54 Å². The number of fused-ring (bicyclic) bond motifs is 1. The van der Waals surface area contributed by atoms with Gasteiger partial charge in [0.1, 0.15) is 5.65 Å². The summed E-state index contributed by atoms with van der Waals surface area (Å²) >= 11 is 5.84. The predicted octanol–water partition coefficient (Wildman–Crippen LogP) is 2.82. The molecular weight excluding hydrogens is 334 g/mol. The second-order valence-corrected chi connectivity index (χ2v) is 7.44. The molecule has 7 heteroatoms. The molecule has 0 atom stereocenters. The normalized spacial score (nSPS) is 11.9. The van der Waals surface area contributed by atoms with Crippen molar-refractivity contribution in [2.45, 2.75) is 18.2 Å². The molecule has 0 amide bonds. The first-order valence-electron chi connectivity index (χ1n) is 7.14. The molecule has 0 unspecified atom stereocenters. The Bertz CT molecular complexity index is 951. The van der Waals surface area contributed by atoms with Gasteiger partial charge in [-0.25, -0.2) is 18.1 Å². The van der Waals surface area contributed by atoms with Crippen molar-refractivity contribution in [1.82, 2.24) is 14.1 Å². The summed E-state index contributed by atoms with van der Waals surface area (Å²) in [7, 11) is -3.56. The molecule has 1 N–H and O–H groups in total.